The highest BCUT2D eigenvalue weighted by Crippen LogP contribution is 2.30. The minimum absolute atomic E-state index is 0.271. The molecule has 2 aromatic carbocycles. The first kappa shape index (κ1) is 12.0. The highest BCUT2D eigenvalue weighted by atomic mass is 16.5. The molecule has 0 spiro atoms. The van der Waals surface area contributed by atoms with E-state index in [-0.39, 0.29) is 5.78 Å². The quantitative estimate of drug-likeness (QED) is 0.812. The van der Waals surface area contributed by atoms with Gasteiger partial charge in [0.2, 0.25) is 0 Å². The first-order valence-electron chi connectivity index (χ1n) is 6.50. The number of hydrogen-bond acceptors (Lipinski definition) is 2. The normalized spacial score (nSPS) is 13.5. The first-order valence-corrected chi connectivity index (χ1v) is 6.50. The van der Waals surface area contributed by atoms with Crippen LogP contribution in [0.1, 0.15) is 27.9 Å². The minimum atomic E-state index is 0.271. The Kier molecular flexibility index (Phi) is 2.86. The van der Waals surface area contributed by atoms with Crippen molar-refractivity contribution in [2.45, 2.75) is 19.8 Å². The Bertz CT molecular complexity index is 656. The Balaban J connectivity index is 2.03. The van der Waals surface area contributed by atoms with Crippen molar-refractivity contribution in [2.24, 2.45) is 0 Å². The van der Waals surface area contributed by atoms with Crippen LogP contribution in [-0.2, 0) is 6.42 Å². The second kappa shape index (κ2) is 4.54. The van der Waals surface area contributed by atoms with Gasteiger partial charge in [0.15, 0.2) is 5.78 Å². The second-order valence-corrected chi connectivity index (χ2v) is 4.98. The third-order valence-corrected chi connectivity index (χ3v) is 3.76. The lowest BCUT2D eigenvalue weighted by atomic mass is 9.99. The van der Waals surface area contributed by atoms with Crippen molar-refractivity contribution < 1.29 is 9.53 Å². The summed E-state index contributed by atoms with van der Waals surface area (Å²) in [6, 6.07) is 12.3. The lowest BCUT2D eigenvalue weighted by molar-refractivity contribution is 0.0994. The molecule has 1 aliphatic carbocycles. The average molecular weight is 252 g/mol. The molecule has 0 amide bonds. The molecular weight excluding hydrogens is 236 g/mol. The summed E-state index contributed by atoms with van der Waals surface area (Å²) in [6.45, 7) is 2.04. The van der Waals surface area contributed by atoms with Gasteiger partial charge in [-0.25, -0.2) is 0 Å². The molecule has 19 heavy (non-hydrogen) atoms. The molecule has 0 bridgehead atoms. The Morgan fingerprint density at radius 2 is 1.74 bits per heavy atom. The molecule has 3 rings (SSSR count). The van der Waals surface area contributed by atoms with Crippen LogP contribution in [0.5, 0.6) is 5.75 Å². The number of carbonyl (C=O) groups excluding carboxylic acids is 1. The Hall–Kier alpha value is -2.09. The summed E-state index contributed by atoms with van der Waals surface area (Å²) in [6.07, 6.45) is 1.53. The monoisotopic (exact) mass is 252 g/mol. The molecule has 0 N–H and O–H groups in total. The van der Waals surface area contributed by atoms with Gasteiger partial charge in [0.1, 0.15) is 5.75 Å². The fourth-order valence-electron chi connectivity index (χ4n) is 2.69. The van der Waals surface area contributed by atoms with Gasteiger partial charge in [-0.3, -0.25) is 4.79 Å². The summed E-state index contributed by atoms with van der Waals surface area (Å²) in [5.74, 6) is 1.17. The SMILES string of the molecule is COc1ccc(-c2ccc3c(c2)CCC3=O)cc1C. The summed E-state index contributed by atoms with van der Waals surface area (Å²) >= 11 is 0. The van der Waals surface area contributed by atoms with Crippen molar-refractivity contribution in [3.05, 3.63) is 53.1 Å². The van der Waals surface area contributed by atoms with Crippen LogP contribution < -0.4 is 4.74 Å². The number of Topliss-reactive ketones (excluding diaryl/α,β-unsaturated/α-hetero) is 1. The van der Waals surface area contributed by atoms with E-state index in [1.165, 1.54) is 16.7 Å². The summed E-state index contributed by atoms with van der Waals surface area (Å²) in [5, 5.41) is 0. The number of fused-ring (bicyclic) bond motifs is 1. The van der Waals surface area contributed by atoms with Crippen LogP contribution in [0.25, 0.3) is 11.1 Å². The van der Waals surface area contributed by atoms with Crippen LogP contribution in [-0.4, -0.2) is 12.9 Å². The number of benzene rings is 2. The van der Waals surface area contributed by atoms with Crippen molar-refractivity contribution in [3.63, 3.8) is 0 Å². The molecular formula is C17H16O2. The van der Waals surface area contributed by atoms with Gasteiger partial charge >= 0.3 is 0 Å². The van der Waals surface area contributed by atoms with Gasteiger partial charge in [-0.1, -0.05) is 24.3 Å². The van der Waals surface area contributed by atoms with Gasteiger partial charge in [-0.15, -0.1) is 0 Å². The van der Waals surface area contributed by atoms with Crippen molar-refractivity contribution in [1.29, 1.82) is 0 Å². The van der Waals surface area contributed by atoms with E-state index in [1.54, 1.807) is 7.11 Å². The molecule has 2 aromatic rings. The molecule has 0 fully saturated rings. The lowest BCUT2D eigenvalue weighted by Crippen LogP contribution is -1.91. The van der Waals surface area contributed by atoms with Gasteiger partial charge in [0.05, 0.1) is 7.11 Å². The maximum Gasteiger partial charge on any atom is 0.163 e. The van der Waals surface area contributed by atoms with Gasteiger partial charge in [0.25, 0.3) is 0 Å². The number of carbonyl (C=O) groups is 1. The Labute approximate surface area is 113 Å². The molecule has 0 saturated heterocycles. The van der Waals surface area contributed by atoms with E-state index in [0.29, 0.717) is 6.42 Å². The van der Waals surface area contributed by atoms with Crippen LogP contribution in [0.3, 0.4) is 0 Å². The number of ether oxygens (including phenoxy) is 1. The van der Waals surface area contributed by atoms with Crippen LogP contribution >= 0.6 is 0 Å². The fourth-order valence-corrected chi connectivity index (χ4v) is 2.69. The van der Waals surface area contributed by atoms with E-state index in [1.807, 2.05) is 25.1 Å². The number of ketones is 1. The maximum absolute atomic E-state index is 11.6. The minimum Gasteiger partial charge on any atom is -0.496 e. The van der Waals surface area contributed by atoms with E-state index in [9.17, 15) is 4.79 Å². The lowest BCUT2D eigenvalue weighted by Gasteiger charge is -2.09. The fraction of sp³-hybridized carbons (Fsp3) is 0.235. The molecule has 0 saturated carbocycles. The second-order valence-electron chi connectivity index (χ2n) is 4.98. The van der Waals surface area contributed by atoms with E-state index in [2.05, 4.69) is 18.2 Å². The predicted octanol–water partition coefficient (Wildman–Crippen LogP) is 3.80. The smallest absolute Gasteiger partial charge is 0.163 e. The standard InChI is InChI=1S/C17H16O2/c1-11-9-12(5-8-17(11)19-2)13-3-6-15-14(10-13)4-7-16(15)18/h3,5-6,8-10H,4,7H2,1-2H3. The Morgan fingerprint density at radius 1 is 1.00 bits per heavy atom. The van der Waals surface area contributed by atoms with Crippen LogP contribution in [0.4, 0.5) is 0 Å². The third-order valence-electron chi connectivity index (χ3n) is 3.76. The largest absolute Gasteiger partial charge is 0.496 e. The van der Waals surface area contributed by atoms with Gasteiger partial charge < -0.3 is 4.74 Å². The van der Waals surface area contributed by atoms with Gasteiger partial charge in [-0.05, 0) is 47.7 Å². The molecule has 0 radical (unpaired) electrons. The molecule has 2 nitrogen and oxygen atoms in total. The summed E-state index contributed by atoms with van der Waals surface area (Å²) < 4.78 is 5.28. The first-order chi connectivity index (χ1) is 9.19. The van der Waals surface area contributed by atoms with Crippen molar-refractivity contribution >= 4 is 5.78 Å². The van der Waals surface area contributed by atoms with Crippen molar-refractivity contribution in [3.8, 4) is 16.9 Å². The van der Waals surface area contributed by atoms with Crippen molar-refractivity contribution in [2.75, 3.05) is 7.11 Å². The van der Waals surface area contributed by atoms with E-state index >= 15 is 0 Å². The van der Waals surface area contributed by atoms with Gasteiger partial charge in [-0.2, -0.15) is 0 Å². The number of rotatable bonds is 2. The van der Waals surface area contributed by atoms with E-state index in [4.69, 9.17) is 4.74 Å². The third kappa shape index (κ3) is 2.03. The molecule has 1 aliphatic rings. The molecule has 0 atom stereocenters. The summed E-state index contributed by atoms with van der Waals surface area (Å²) in [4.78, 5) is 11.6. The summed E-state index contributed by atoms with van der Waals surface area (Å²) in [7, 11) is 1.68. The number of methoxy groups -OCH3 is 1. The highest BCUT2D eigenvalue weighted by molar-refractivity contribution is 6.00. The predicted molar refractivity (Wildman–Crippen MR) is 75.8 cm³/mol. The molecule has 0 aliphatic heterocycles. The number of hydrogen-bond donors (Lipinski definition) is 0. The molecule has 0 unspecified atom stereocenters. The zero-order valence-corrected chi connectivity index (χ0v) is 11.2. The van der Waals surface area contributed by atoms with E-state index in [0.717, 1.165) is 23.3 Å². The average Bonchev–Trinajstić information content (AvgIpc) is 2.80. The number of aryl methyl sites for hydroxylation is 2. The van der Waals surface area contributed by atoms with Crippen LogP contribution in [0.2, 0.25) is 0 Å². The van der Waals surface area contributed by atoms with E-state index < -0.39 is 0 Å². The molecule has 0 aromatic heterocycles. The molecule has 2 heteroatoms. The molecule has 0 heterocycles. The van der Waals surface area contributed by atoms with Crippen LogP contribution in [0.15, 0.2) is 36.4 Å². The van der Waals surface area contributed by atoms with Crippen molar-refractivity contribution in [1.82, 2.24) is 0 Å². The highest BCUT2D eigenvalue weighted by Gasteiger charge is 2.19. The summed E-state index contributed by atoms with van der Waals surface area (Å²) in [5.41, 5.74) is 5.53. The van der Waals surface area contributed by atoms with Gasteiger partial charge in [0, 0.05) is 12.0 Å². The van der Waals surface area contributed by atoms with Crippen LogP contribution in [0, 0.1) is 6.92 Å². The maximum atomic E-state index is 11.6. The zero-order chi connectivity index (χ0) is 13.4. The molecule has 96 valence electrons. The topological polar surface area (TPSA) is 26.3 Å². The Morgan fingerprint density at radius 3 is 2.47 bits per heavy atom. The zero-order valence-electron chi connectivity index (χ0n) is 11.2.